The average molecular weight is 412 g/mol. The summed E-state index contributed by atoms with van der Waals surface area (Å²) in [5.41, 5.74) is 0.584. The van der Waals surface area contributed by atoms with Gasteiger partial charge in [0.2, 0.25) is 5.65 Å². The highest BCUT2D eigenvalue weighted by Gasteiger charge is 2.30. The Kier molecular flexibility index (Phi) is 4.41. The third-order valence-electron chi connectivity index (χ3n) is 5.51. The van der Waals surface area contributed by atoms with Crippen LogP contribution in [0.25, 0.3) is 5.65 Å². The third-order valence-corrected chi connectivity index (χ3v) is 5.51. The SMILES string of the molecule is Cn1cc(F)cc([C@H]2CCCN2c2ccn3ncc(OC(=O)NC4CC4)c3n2)c1=O. The number of pyridine rings is 1. The Morgan fingerprint density at radius 3 is 2.97 bits per heavy atom. The molecule has 1 saturated heterocycles. The van der Waals surface area contributed by atoms with Crippen molar-refractivity contribution in [1.29, 1.82) is 0 Å². The first-order chi connectivity index (χ1) is 14.5. The van der Waals surface area contributed by atoms with Crippen molar-refractivity contribution >= 4 is 17.6 Å². The maximum absolute atomic E-state index is 14.0. The normalized spacial score (nSPS) is 18.7. The van der Waals surface area contributed by atoms with Gasteiger partial charge < -0.3 is 19.5 Å². The zero-order valence-electron chi connectivity index (χ0n) is 16.4. The Hall–Kier alpha value is -3.43. The molecular formula is C20H21FN6O3. The van der Waals surface area contributed by atoms with Crippen LogP contribution in [0.3, 0.4) is 0 Å². The lowest BCUT2D eigenvalue weighted by atomic mass is 10.1. The molecule has 3 aromatic heterocycles. The monoisotopic (exact) mass is 412 g/mol. The highest BCUT2D eigenvalue weighted by atomic mass is 19.1. The molecule has 30 heavy (non-hydrogen) atoms. The van der Waals surface area contributed by atoms with Crippen molar-refractivity contribution in [1.82, 2.24) is 24.5 Å². The fourth-order valence-corrected chi connectivity index (χ4v) is 3.89. The molecule has 156 valence electrons. The fourth-order valence-electron chi connectivity index (χ4n) is 3.89. The van der Waals surface area contributed by atoms with Gasteiger partial charge in [0.1, 0.15) is 11.6 Å². The van der Waals surface area contributed by atoms with Crippen molar-refractivity contribution in [2.24, 2.45) is 7.05 Å². The van der Waals surface area contributed by atoms with Gasteiger partial charge in [-0.2, -0.15) is 5.10 Å². The molecule has 0 aromatic carbocycles. The van der Waals surface area contributed by atoms with Crippen molar-refractivity contribution in [3.8, 4) is 5.75 Å². The predicted molar refractivity (Wildman–Crippen MR) is 106 cm³/mol. The number of aryl methyl sites for hydroxylation is 1. The van der Waals surface area contributed by atoms with Crippen molar-refractivity contribution in [3.63, 3.8) is 0 Å². The van der Waals surface area contributed by atoms with Gasteiger partial charge in [0.25, 0.3) is 5.56 Å². The molecule has 4 heterocycles. The van der Waals surface area contributed by atoms with Crippen LogP contribution in [0.15, 0.2) is 35.5 Å². The second kappa shape index (κ2) is 7.12. The van der Waals surface area contributed by atoms with Crippen LogP contribution < -0.4 is 20.5 Å². The summed E-state index contributed by atoms with van der Waals surface area (Å²) in [6.45, 7) is 0.681. The van der Waals surface area contributed by atoms with Gasteiger partial charge in [0, 0.05) is 37.6 Å². The standard InChI is InChI=1S/C20H21FN6O3/c1-25-11-12(21)9-14(19(25)28)15-3-2-7-26(15)17-6-8-27-18(24-17)16(10-22-27)30-20(29)23-13-4-5-13/h6,8-11,13,15H,2-5,7H2,1H3,(H,23,29)/t15-/m1/s1. The number of carbonyl (C=O) groups is 1. The largest absolute Gasteiger partial charge is 0.413 e. The summed E-state index contributed by atoms with van der Waals surface area (Å²) >= 11 is 0. The molecule has 3 aromatic rings. The zero-order chi connectivity index (χ0) is 20.8. The fraction of sp³-hybridized carbons (Fsp3) is 0.400. The maximum atomic E-state index is 14.0. The van der Waals surface area contributed by atoms with Crippen molar-refractivity contribution in [2.45, 2.75) is 37.8 Å². The minimum absolute atomic E-state index is 0.182. The molecule has 0 bridgehead atoms. The first-order valence-corrected chi connectivity index (χ1v) is 9.95. The van der Waals surface area contributed by atoms with Gasteiger partial charge in [-0.15, -0.1) is 0 Å². The number of amides is 1. The molecule has 1 aliphatic heterocycles. The van der Waals surface area contributed by atoms with Crippen molar-refractivity contribution in [3.05, 3.63) is 52.5 Å². The highest BCUT2D eigenvalue weighted by molar-refractivity contribution is 5.74. The Morgan fingerprint density at radius 1 is 1.33 bits per heavy atom. The molecule has 9 nitrogen and oxygen atoms in total. The van der Waals surface area contributed by atoms with E-state index in [0.717, 1.165) is 25.7 Å². The number of fused-ring (bicyclic) bond motifs is 1. The maximum Gasteiger partial charge on any atom is 0.413 e. The molecule has 2 fully saturated rings. The van der Waals surface area contributed by atoms with E-state index in [4.69, 9.17) is 4.74 Å². The van der Waals surface area contributed by atoms with E-state index in [0.29, 0.717) is 23.6 Å². The number of hydrogen-bond donors (Lipinski definition) is 1. The van der Waals surface area contributed by atoms with E-state index in [1.54, 1.807) is 19.3 Å². The Morgan fingerprint density at radius 2 is 2.17 bits per heavy atom. The van der Waals surface area contributed by atoms with E-state index >= 15 is 0 Å². The summed E-state index contributed by atoms with van der Waals surface area (Å²) < 4.78 is 22.1. The molecule has 1 aliphatic carbocycles. The topological polar surface area (TPSA) is 93.8 Å². The number of ether oxygens (including phenoxy) is 1. The minimum atomic E-state index is -0.526. The molecule has 5 rings (SSSR count). The van der Waals surface area contributed by atoms with Gasteiger partial charge >= 0.3 is 6.09 Å². The first kappa shape index (κ1) is 18.6. The van der Waals surface area contributed by atoms with Gasteiger partial charge in [-0.25, -0.2) is 18.7 Å². The van der Waals surface area contributed by atoms with Gasteiger partial charge in [0.15, 0.2) is 5.75 Å². The number of carbonyl (C=O) groups excluding carboxylic acids is 1. The molecule has 0 unspecified atom stereocenters. The second-order valence-electron chi connectivity index (χ2n) is 7.75. The van der Waals surface area contributed by atoms with Gasteiger partial charge in [-0.1, -0.05) is 0 Å². The molecule has 0 spiro atoms. The van der Waals surface area contributed by atoms with Crippen LogP contribution >= 0.6 is 0 Å². The number of rotatable bonds is 4. The average Bonchev–Trinajstić information content (AvgIpc) is 3.24. The smallest absolute Gasteiger partial charge is 0.405 e. The minimum Gasteiger partial charge on any atom is -0.405 e. The predicted octanol–water partition coefficient (Wildman–Crippen LogP) is 2.16. The Labute approximate surface area is 171 Å². The van der Waals surface area contributed by atoms with Gasteiger partial charge in [-0.05, 0) is 37.8 Å². The first-order valence-electron chi connectivity index (χ1n) is 9.95. The van der Waals surface area contributed by atoms with E-state index in [2.05, 4.69) is 15.4 Å². The summed E-state index contributed by atoms with van der Waals surface area (Å²) in [6.07, 6.45) is 7.32. The van der Waals surface area contributed by atoms with E-state index in [1.165, 1.54) is 27.5 Å². The lowest BCUT2D eigenvalue weighted by molar-refractivity contribution is 0.200. The zero-order valence-corrected chi connectivity index (χ0v) is 16.4. The number of anilines is 1. The summed E-state index contributed by atoms with van der Waals surface area (Å²) in [4.78, 5) is 31.2. The van der Waals surface area contributed by atoms with Crippen LogP contribution in [0.1, 0.15) is 37.3 Å². The quantitative estimate of drug-likeness (QED) is 0.706. The molecule has 10 heteroatoms. The van der Waals surface area contributed by atoms with E-state index in [9.17, 15) is 14.0 Å². The number of nitrogens with zero attached hydrogens (tertiary/aromatic N) is 5. The van der Waals surface area contributed by atoms with Crippen LogP contribution in [0.5, 0.6) is 5.75 Å². The number of aromatic nitrogens is 4. The molecule has 0 radical (unpaired) electrons. The summed E-state index contributed by atoms with van der Waals surface area (Å²) in [5, 5.41) is 6.94. The van der Waals surface area contributed by atoms with E-state index < -0.39 is 11.9 Å². The van der Waals surface area contributed by atoms with Crippen LogP contribution in [-0.4, -0.2) is 37.8 Å². The Bertz CT molecular complexity index is 1180. The van der Waals surface area contributed by atoms with Crippen molar-refractivity contribution < 1.29 is 13.9 Å². The van der Waals surface area contributed by atoms with E-state index in [1.807, 2.05) is 4.90 Å². The molecule has 1 atom stereocenters. The van der Waals surface area contributed by atoms with Crippen molar-refractivity contribution in [2.75, 3.05) is 11.4 Å². The summed E-state index contributed by atoms with van der Waals surface area (Å²) in [7, 11) is 1.54. The third kappa shape index (κ3) is 3.38. The molecule has 1 amide bonds. The summed E-state index contributed by atoms with van der Waals surface area (Å²) in [5.74, 6) is 0.423. The molecule has 2 aliphatic rings. The molecule has 1 saturated carbocycles. The van der Waals surface area contributed by atoms with E-state index in [-0.39, 0.29) is 23.4 Å². The number of nitrogens with one attached hydrogen (secondary N) is 1. The second-order valence-corrected chi connectivity index (χ2v) is 7.75. The van der Waals surface area contributed by atoms with Crippen LogP contribution in [0, 0.1) is 5.82 Å². The number of halogens is 1. The molecular weight excluding hydrogens is 391 g/mol. The van der Waals surface area contributed by atoms with Crippen LogP contribution in [0.2, 0.25) is 0 Å². The van der Waals surface area contributed by atoms with Crippen LogP contribution in [0.4, 0.5) is 15.0 Å². The number of hydrogen-bond acceptors (Lipinski definition) is 6. The highest BCUT2D eigenvalue weighted by Crippen LogP contribution is 2.34. The van der Waals surface area contributed by atoms with Gasteiger partial charge in [0.05, 0.1) is 12.2 Å². The van der Waals surface area contributed by atoms with Gasteiger partial charge in [-0.3, -0.25) is 4.79 Å². The molecule has 1 N–H and O–H groups in total. The lowest BCUT2D eigenvalue weighted by Crippen LogP contribution is -2.31. The summed E-state index contributed by atoms with van der Waals surface area (Å²) in [6, 6.07) is 3.00. The Balaban J connectivity index is 1.47. The van der Waals surface area contributed by atoms with Crippen LogP contribution in [-0.2, 0) is 7.05 Å². The lowest BCUT2D eigenvalue weighted by Gasteiger charge is -2.26.